The first-order valence-corrected chi connectivity index (χ1v) is 11.5. The number of amides is 1. The fourth-order valence-electron chi connectivity index (χ4n) is 6.33. The van der Waals surface area contributed by atoms with Gasteiger partial charge in [-0.25, -0.2) is 0 Å². The van der Waals surface area contributed by atoms with E-state index < -0.39 is 0 Å². The number of likely N-dealkylation sites (tertiary alicyclic amines) is 1. The summed E-state index contributed by atoms with van der Waals surface area (Å²) in [4.78, 5) is 18.5. The molecule has 158 valence electrons. The van der Waals surface area contributed by atoms with Crippen LogP contribution in [-0.4, -0.2) is 62.7 Å². The summed E-state index contributed by atoms with van der Waals surface area (Å²) in [5, 5.41) is 0. The van der Waals surface area contributed by atoms with Crippen molar-refractivity contribution in [2.24, 2.45) is 10.8 Å². The molecule has 1 saturated carbocycles. The standard InChI is InChI=1S/C25H37N3O/c1-24(2)16-22-17-25(3,19-24)20-28(22)23(29)18-27-14-12-26(13-15-27)11-7-10-21-8-5-4-6-9-21/h4-10,22H,11-20H2,1-3H3/p+2/b10-7+/t22-,25-/m1/s1. The summed E-state index contributed by atoms with van der Waals surface area (Å²) in [5.74, 6) is 0.402. The highest BCUT2D eigenvalue weighted by Gasteiger charge is 2.51. The number of nitrogens with zero attached hydrogens (tertiary/aromatic N) is 1. The molecule has 2 N–H and O–H groups in total. The maximum absolute atomic E-state index is 13.1. The van der Waals surface area contributed by atoms with Gasteiger partial charge in [0.1, 0.15) is 26.2 Å². The van der Waals surface area contributed by atoms with Crippen LogP contribution in [0.1, 0.15) is 45.6 Å². The van der Waals surface area contributed by atoms with E-state index in [4.69, 9.17) is 0 Å². The van der Waals surface area contributed by atoms with Crippen LogP contribution in [0.4, 0.5) is 0 Å². The lowest BCUT2D eigenvalue weighted by molar-refractivity contribution is -1.01. The number of hydrogen-bond donors (Lipinski definition) is 2. The van der Waals surface area contributed by atoms with Gasteiger partial charge < -0.3 is 14.7 Å². The molecule has 0 unspecified atom stereocenters. The molecule has 4 rings (SSSR count). The molecule has 1 aliphatic carbocycles. The van der Waals surface area contributed by atoms with Crippen LogP contribution in [-0.2, 0) is 4.79 Å². The van der Waals surface area contributed by atoms with Crippen LogP contribution in [0, 0.1) is 10.8 Å². The molecule has 2 heterocycles. The highest BCUT2D eigenvalue weighted by atomic mass is 16.2. The van der Waals surface area contributed by atoms with Gasteiger partial charge in [-0.2, -0.15) is 0 Å². The molecule has 1 amide bonds. The van der Waals surface area contributed by atoms with Crippen molar-refractivity contribution in [3.8, 4) is 0 Å². The molecule has 0 radical (unpaired) electrons. The van der Waals surface area contributed by atoms with Crippen LogP contribution >= 0.6 is 0 Å². The van der Waals surface area contributed by atoms with Crippen molar-refractivity contribution in [3.05, 3.63) is 42.0 Å². The predicted octanol–water partition coefficient (Wildman–Crippen LogP) is 0.910. The lowest BCUT2D eigenvalue weighted by Gasteiger charge is -2.39. The normalized spacial score (nSPS) is 33.9. The third kappa shape index (κ3) is 5.10. The van der Waals surface area contributed by atoms with E-state index in [1.807, 2.05) is 0 Å². The van der Waals surface area contributed by atoms with Crippen molar-refractivity contribution in [2.75, 3.05) is 45.8 Å². The maximum Gasteiger partial charge on any atom is 0.278 e. The summed E-state index contributed by atoms with van der Waals surface area (Å²) >= 11 is 0. The largest absolute Gasteiger partial charge is 0.334 e. The molecule has 2 bridgehead atoms. The minimum atomic E-state index is 0.339. The number of carbonyl (C=O) groups excluding carboxylic acids is 1. The van der Waals surface area contributed by atoms with Crippen LogP contribution in [0.25, 0.3) is 6.08 Å². The van der Waals surface area contributed by atoms with Crippen LogP contribution < -0.4 is 9.80 Å². The lowest BCUT2D eigenvalue weighted by atomic mass is 9.65. The van der Waals surface area contributed by atoms with E-state index in [0.717, 1.165) is 39.3 Å². The van der Waals surface area contributed by atoms with Gasteiger partial charge >= 0.3 is 0 Å². The average Bonchev–Trinajstić information content (AvgIpc) is 2.93. The van der Waals surface area contributed by atoms with Gasteiger partial charge in [0.25, 0.3) is 5.91 Å². The number of fused-ring (bicyclic) bond motifs is 2. The Bertz CT molecular complexity index is 736. The topological polar surface area (TPSA) is 29.2 Å². The first-order valence-electron chi connectivity index (χ1n) is 11.5. The SMILES string of the molecule is CC1(C)C[C@@H]2C[C@@](C)(CN2C(=O)C[NH+]2CC[NH+](C/C=C/c3ccccc3)CC2)C1. The molecule has 2 atom stereocenters. The fraction of sp³-hybridized carbons (Fsp3) is 0.640. The summed E-state index contributed by atoms with van der Waals surface area (Å²) in [6.07, 6.45) is 8.17. The summed E-state index contributed by atoms with van der Waals surface area (Å²) in [6, 6.07) is 11.0. The molecule has 0 aromatic heterocycles. The third-order valence-corrected chi connectivity index (χ3v) is 7.32. The molecule has 1 aromatic rings. The van der Waals surface area contributed by atoms with Crippen molar-refractivity contribution < 1.29 is 14.6 Å². The van der Waals surface area contributed by atoms with E-state index in [9.17, 15) is 4.79 Å². The van der Waals surface area contributed by atoms with Gasteiger partial charge in [-0.15, -0.1) is 0 Å². The summed E-state index contributed by atoms with van der Waals surface area (Å²) < 4.78 is 0. The van der Waals surface area contributed by atoms with E-state index in [1.54, 1.807) is 4.90 Å². The van der Waals surface area contributed by atoms with Crippen molar-refractivity contribution >= 4 is 12.0 Å². The highest BCUT2D eigenvalue weighted by Crippen LogP contribution is 2.52. The monoisotopic (exact) mass is 397 g/mol. The Morgan fingerprint density at radius 2 is 1.76 bits per heavy atom. The van der Waals surface area contributed by atoms with Gasteiger partial charge in [0.15, 0.2) is 6.54 Å². The summed E-state index contributed by atoms with van der Waals surface area (Å²) in [5.41, 5.74) is 1.99. The molecule has 0 spiro atoms. The molecule has 2 saturated heterocycles. The Morgan fingerprint density at radius 3 is 2.48 bits per heavy atom. The smallest absolute Gasteiger partial charge is 0.278 e. The number of piperazine rings is 1. The Labute approximate surface area is 176 Å². The van der Waals surface area contributed by atoms with Gasteiger partial charge in [0.2, 0.25) is 0 Å². The maximum atomic E-state index is 13.1. The molecular formula is C25H39N3O+2. The van der Waals surface area contributed by atoms with Crippen LogP contribution in [0.5, 0.6) is 0 Å². The van der Waals surface area contributed by atoms with Gasteiger partial charge in [0, 0.05) is 12.6 Å². The van der Waals surface area contributed by atoms with Crippen LogP contribution in [0.2, 0.25) is 0 Å². The number of quaternary nitrogens is 2. The minimum Gasteiger partial charge on any atom is -0.334 e. The van der Waals surface area contributed by atoms with E-state index in [0.29, 0.717) is 29.3 Å². The first kappa shape index (κ1) is 20.6. The van der Waals surface area contributed by atoms with Crippen LogP contribution in [0.15, 0.2) is 36.4 Å². The lowest BCUT2D eigenvalue weighted by Crippen LogP contribution is -3.28. The Kier molecular flexibility index (Phi) is 5.85. The van der Waals surface area contributed by atoms with E-state index in [2.05, 4.69) is 68.2 Å². The number of benzene rings is 1. The Balaban J connectivity index is 1.23. The van der Waals surface area contributed by atoms with Crippen LogP contribution in [0.3, 0.4) is 0 Å². The quantitative estimate of drug-likeness (QED) is 0.760. The second kappa shape index (κ2) is 8.23. The second-order valence-electron chi connectivity index (χ2n) is 10.9. The molecule has 4 heteroatoms. The second-order valence-corrected chi connectivity index (χ2v) is 10.9. The predicted molar refractivity (Wildman–Crippen MR) is 118 cm³/mol. The first-order chi connectivity index (χ1) is 13.8. The molecule has 3 fully saturated rings. The fourth-order valence-corrected chi connectivity index (χ4v) is 6.33. The third-order valence-electron chi connectivity index (χ3n) is 7.32. The zero-order valence-electron chi connectivity index (χ0n) is 18.5. The summed E-state index contributed by atoms with van der Waals surface area (Å²) in [7, 11) is 0. The van der Waals surface area contributed by atoms with E-state index >= 15 is 0 Å². The summed E-state index contributed by atoms with van der Waals surface area (Å²) in [6.45, 7) is 14.5. The highest BCUT2D eigenvalue weighted by molar-refractivity contribution is 5.78. The van der Waals surface area contributed by atoms with Gasteiger partial charge in [-0.3, -0.25) is 4.79 Å². The van der Waals surface area contributed by atoms with Crippen molar-refractivity contribution in [1.29, 1.82) is 0 Å². The minimum absolute atomic E-state index is 0.339. The molecule has 2 aliphatic heterocycles. The van der Waals surface area contributed by atoms with Gasteiger partial charge in [-0.05, 0) is 41.7 Å². The van der Waals surface area contributed by atoms with Crippen molar-refractivity contribution in [2.45, 2.75) is 46.1 Å². The molecular weight excluding hydrogens is 358 g/mol. The Hall–Kier alpha value is -1.65. The number of rotatable bonds is 5. The van der Waals surface area contributed by atoms with Crippen molar-refractivity contribution in [3.63, 3.8) is 0 Å². The average molecular weight is 398 g/mol. The zero-order valence-corrected chi connectivity index (χ0v) is 18.5. The zero-order chi connectivity index (χ0) is 20.5. The van der Waals surface area contributed by atoms with Crippen molar-refractivity contribution in [1.82, 2.24) is 4.90 Å². The molecule has 29 heavy (non-hydrogen) atoms. The number of hydrogen-bond acceptors (Lipinski definition) is 1. The van der Waals surface area contributed by atoms with Gasteiger partial charge in [0.05, 0.1) is 6.54 Å². The molecule has 3 aliphatic rings. The number of carbonyl (C=O) groups is 1. The van der Waals surface area contributed by atoms with E-state index in [1.165, 1.54) is 29.7 Å². The van der Waals surface area contributed by atoms with E-state index in [-0.39, 0.29) is 0 Å². The molecule has 4 nitrogen and oxygen atoms in total. The Morgan fingerprint density at radius 1 is 1.07 bits per heavy atom. The number of nitrogens with one attached hydrogen (secondary N) is 2. The molecule has 1 aromatic carbocycles. The van der Waals surface area contributed by atoms with Gasteiger partial charge in [-0.1, -0.05) is 57.2 Å².